The van der Waals surface area contributed by atoms with Crippen LogP contribution in [0.5, 0.6) is 0 Å². The molecule has 1 atom stereocenters. The summed E-state index contributed by atoms with van der Waals surface area (Å²) in [6.07, 6.45) is 2.40. The van der Waals surface area contributed by atoms with E-state index >= 15 is 0 Å². The summed E-state index contributed by atoms with van der Waals surface area (Å²) in [4.78, 5) is 29.6. The minimum Gasteiger partial charge on any atom is -0.478 e. The van der Waals surface area contributed by atoms with Crippen LogP contribution in [0.2, 0.25) is 0 Å². The first-order valence-corrected chi connectivity index (χ1v) is 8.07. The summed E-state index contributed by atoms with van der Waals surface area (Å²) in [6.45, 7) is 6.73. The van der Waals surface area contributed by atoms with Crippen LogP contribution in [-0.2, 0) is 6.54 Å². The van der Waals surface area contributed by atoms with Gasteiger partial charge in [0.25, 0.3) is 0 Å². The lowest BCUT2D eigenvalue weighted by Gasteiger charge is -2.31. The molecule has 0 spiro atoms. The number of piperidine rings is 1. The van der Waals surface area contributed by atoms with Gasteiger partial charge in [-0.1, -0.05) is 13.0 Å². The van der Waals surface area contributed by atoms with Crippen molar-refractivity contribution in [2.45, 2.75) is 33.2 Å². The third kappa shape index (κ3) is 3.01. The van der Waals surface area contributed by atoms with E-state index in [4.69, 9.17) is 0 Å². The van der Waals surface area contributed by atoms with Gasteiger partial charge >= 0.3 is 5.97 Å². The van der Waals surface area contributed by atoms with Crippen molar-refractivity contribution in [2.75, 3.05) is 13.1 Å². The number of carboxylic acids is 1. The molecule has 1 aliphatic heterocycles. The minimum absolute atomic E-state index is 0.0578. The van der Waals surface area contributed by atoms with Gasteiger partial charge in [-0.05, 0) is 44.4 Å². The largest absolute Gasteiger partial charge is 0.478 e. The number of carboxylic acid groups (broad SMARTS) is 1. The van der Waals surface area contributed by atoms with Crippen molar-refractivity contribution >= 4 is 16.9 Å². The van der Waals surface area contributed by atoms with Gasteiger partial charge < -0.3 is 10.1 Å². The average molecular weight is 314 g/mol. The quantitative estimate of drug-likeness (QED) is 0.913. The molecule has 0 saturated carbocycles. The molecule has 5 heteroatoms. The zero-order chi connectivity index (χ0) is 16.6. The standard InChI is InChI=1S/C18H22N2O3/c1-11-5-4-8-20(9-11)10-15-12(2)19-16-13(17(15)21)6-3-7-14(16)18(22)23/h3,6-7,11H,4-5,8-10H2,1-2H3,(H,19,21)(H,22,23). The molecule has 2 aromatic rings. The summed E-state index contributed by atoms with van der Waals surface area (Å²) in [5, 5.41) is 9.75. The van der Waals surface area contributed by atoms with E-state index in [0.717, 1.165) is 30.8 Å². The molecule has 1 aromatic heterocycles. The Morgan fingerprint density at radius 3 is 2.91 bits per heavy atom. The number of aromatic amines is 1. The van der Waals surface area contributed by atoms with Crippen LogP contribution in [0, 0.1) is 12.8 Å². The molecule has 3 rings (SSSR count). The van der Waals surface area contributed by atoms with Gasteiger partial charge in [0.15, 0.2) is 5.43 Å². The number of nitrogens with one attached hydrogen (secondary N) is 1. The zero-order valence-corrected chi connectivity index (χ0v) is 13.6. The maximum absolute atomic E-state index is 12.8. The molecule has 0 amide bonds. The molecule has 0 radical (unpaired) electrons. The predicted octanol–water partition coefficient (Wildman–Crippen LogP) is 2.77. The predicted molar refractivity (Wildman–Crippen MR) is 89.9 cm³/mol. The van der Waals surface area contributed by atoms with Crippen LogP contribution in [-0.4, -0.2) is 34.0 Å². The molecule has 5 nitrogen and oxygen atoms in total. The molecule has 1 unspecified atom stereocenters. The highest BCUT2D eigenvalue weighted by Gasteiger charge is 2.20. The fraction of sp³-hybridized carbons (Fsp3) is 0.444. The summed E-state index contributed by atoms with van der Waals surface area (Å²) in [5.74, 6) is -0.370. The summed E-state index contributed by atoms with van der Waals surface area (Å²) in [7, 11) is 0. The number of benzene rings is 1. The molecule has 2 heterocycles. The highest BCUT2D eigenvalue weighted by Crippen LogP contribution is 2.20. The van der Waals surface area contributed by atoms with Gasteiger partial charge in [-0.15, -0.1) is 0 Å². The Morgan fingerprint density at radius 2 is 2.22 bits per heavy atom. The Hall–Kier alpha value is -2.14. The number of pyridine rings is 1. The van der Waals surface area contributed by atoms with Crippen LogP contribution in [0.3, 0.4) is 0 Å². The van der Waals surface area contributed by atoms with E-state index in [1.807, 2.05) is 6.92 Å². The molecule has 23 heavy (non-hydrogen) atoms. The fourth-order valence-electron chi connectivity index (χ4n) is 3.49. The number of rotatable bonds is 3. The van der Waals surface area contributed by atoms with Crippen molar-refractivity contribution in [3.05, 3.63) is 45.2 Å². The van der Waals surface area contributed by atoms with Crippen LogP contribution < -0.4 is 5.43 Å². The van der Waals surface area contributed by atoms with Gasteiger partial charge in [0.1, 0.15) is 0 Å². The normalized spacial score (nSPS) is 19.1. The first-order chi connectivity index (χ1) is 11.0. The van der Waals surface area contributed by atoms with Gasteiger partial charge in [-0.2, -0.15) is 0 Å². The molecule has 1 fully saturated rings. The Morgan fingerprint density at radius 1 is 1.43 bits per heavy atom. The van der Waals surface area contributed by atoms with E-state index in [1.165, 1.54) is 12.5 Å². The number of H-pyrrole nitrogens is 1. The molecular formula is C18H22N2O3. The number of aromatic nitrogens is 1. The zero-order valence-electron chi connectivity index (χ0n) is 13.6. The second-order valence-corrected chi connectivity index (χ2v) is 6.57. The van der Waals surface area contributed by atoms with Crippen molar-refractivity contribution in [3.8, 4) is 0 Å². The van der Waals surface area contributed by atoms with Gasteiger partial charge in [-0.3, -0.25) is 9.69 Å². The third-order valence-corrected chi connectivity index (χ3v) is 4.70. The van der Waals surface area contributed by atoms with Crippen LogP contribution in [0.25, 0.3) is 10.9 Å². The van der Waals surface area contributed by atoms with E-state index < -0.39 is 5.97 Å². The molecule has 2 N–H and O–H groups in total. The van der Waals surface area contributed by atoms with E-state index in [2.05, 4.69) is 16.8 Å². The summed E-state index contributed by atoms with van der Waals surface area (Å²) in [6, 6.07) is 4.84. The number of aromatic carboxylic acids is 1. The smallest absolute Gasteiger partial charge is 0.337 e. The van der Waals surface area contributed by atoms with E-state index in [1.54, 1.807) is 12.1 Å². The number of aryl methyl sites for hydroxylation is 1. The number of hydrogen-bond acceptors (Lipinski definition) is 3. The first-order valence-electron chi connectivity index (χ1n) is 8.07. The van der Waals surface area contributed by atoms with Gasteiger partial charge in [-0.25, -0.2) is 4.79 Å². The van der Waals surface area contributed by atoms with Crippen molar-refractivity contribution in [1.29, 1.82) is 0 Å². The lowest BCUT2D eigenvalue weighted by atomic mass is 9.99. The van der Waals surface area contributed by atoms with Crippen LogP contribution >= 0.6 is 0 Å². The molecule has 1 saturated heterocycles. The monoisotopic (exact) mass is 314 g/mol. The van der Waals surface area contributed by atoms with Crippen LogP contribution in [0.4, 0.5) is 0 Å². The second-order valence-electron chi connectivity index (χ2n) is 6.57. The highest BCUT2D eigenvalue weighted by atomic mass is 16.4. The highest BCUT2D eigenvalue weighted by molar-refractivity contribution is 6.01. The minimum atomic E-state index is -1.02. The van der Waals surface area contributed by atoms with Crippen molar-refractivity contribution in [2.24, 2.45) is 5.92 Å². The molecule has 0 bridgehead atoms. The molecule has 1 aromatic carbocycles. The number of carbonyl (C=O) groups is 1. The maximum atomic E-state index is 12.8. The van der Waals surface area contributed by atoms with Crippen molar-refractivity contribution < 1.29 is 9.90 Å². The van der Waals surface area contributed by atoms with Crippen molar-refractivity contribution in [3.63, 3.8) is 0 Å². The lowest BCUT2D eigenvalue weighted by molar-refractivity contribution is 0.0699. The Kier molecular flexibility index (Phi) is 4.22. The van der Waals surface area contributed by atoms with Gasteiger partial charge in [0.2, 0.25) is 0 Å². The SMILES string of the molecule is Cc1[nH]c2c(C(=O)O)cccc2c(=O)c1CN1CCCC(C)C1. The maximum Gasteiger partial charge on any atom is 0.337 e. The Bertz CT molecular complexity index is 810. The summed E-state index contributed by atoms with van der Waals surface area (Å²) >= 11 is 0. The average Bonchev–Trinajstić information content (AvgIpc) is 2.51. The van der Waals surface area contributed by atoms with Gasteiger partial charge in [0, 0.05) is 29.7 Å². The summed E-state index contributed by atoms with van der Waals surface area (Å²) in [5.41, 5.74) is 2.00. The molecule has 1 aliphatic rings. The number of para-hydroxylation sites is 1. The van der Waals surface area contributed by atoms with Gasteiger partial charge in [0.05, 0.1) is 11.1 Å². The van der Waals surface area contributed by atoms with Crippen LogP contribution in [0.1, 0.15) is 41.4 Å². The lowest BCUT2D eigenvalue weighted by Crippen LogP contribution is -2.35. The topological polar surface area (TPSA) is 73.4 Å². The second kappa shape index (κ2) is 6.16. The van der Waals surface area contributed by atoms with Crippen molar-refractivity contribution in [1.82, 2.24) is 9.88 Å². The first kappa shape index (κ1) is 15.7. The fourth-order valence-corrected chi connectivity index (χ4v) is 3.49. The number of nitrogens with zero attached hydrogens (tertiary/aromatic N) is 1. The molecular weight excluding hydrogens is 292 g/mol. The number of hydrogen-bond donors (Lipinski definition) is 2. The molecule has 122 valence electrons. The Balaban J connectivity index is 2.05. The molecule has 0 aliphatic carbocycles. The Labute approximate surface area is 134 Å². The number of likely N-dealkylation sites (tertiary alicyclic amines) is 1. The van der Waals surface area contributed by atoms with E-state index in [0.29, 0.717) is 23.4 Å². The number of fused-ring (bicyclic) bond motifs is 1. The van der Waals surface area contributed by atoms with E-state index in [9.17, 15) is 14.7 Å². The van der Waals surface area contributed by atoms with E-state index in [-0.39, 0.29) is 11.0 Å². The third-order valence-electron chi connectivity index (χ3n) is 4.70. The summed E-state index contributed by atoms with van der Waals surface area (Å²) < 4.78 is 0. The van der Waals surface area contributed by atoms with Crippen LogP contribution in [0.15, 0.2) is 23.0 Å².